The highest BCUT2D eigenvalue weighted by Gasteiger charge is 2.36. The first-order valence-corrected chi connectivity index (χ1v) is 10.1. The number of alkyl halides is 3. The number of nitrogens with zero attached hydrogens (tertiary/aromatic N) is 1. The number of amides is 2. The van der Waals surface area contributed by atoms with Crippen molar-refractivity contribution in [2.45, 2.75) is 17.5 Å². The molecule has 9 heteroatoms. The molecule has 0 fully saturated rings. The first-order chi connectivity index (χ1) is 13.8. The molecule has 0 spiro atoms. The minimum atomic E-state index is -4.48. The summed E-state index contributed by atoms with van der Waals surface area (Å²) in [5, 5.41) is 2.73. The molecule has 0 radical (unpaired) electrons. The molecule has 1 aliphatic heterocycles. The van der Waals surface area contributed by atoms with E-state index in [1.165, 1.54) is 11.0 Å². The summed E-state index contributed by atoms with van der Waals surface area (Å²) in [7, 11) is 1.57. The molecule has 2 amide bonds. The molecular formula is C20H21F3N2O3S. The zero-order chi connectivity index (χ0) is 21.0. The summed E-state index contributed by atoms with van der Waals surface area (Å²) in [5.74, 6) is 0.561. The van der Waals surface area contributed by atoms with Crippen molar-refractivity contribution in [2.75, 3.05) is 43.3 Å². The zero-order valence-corrected chi connectivity index (χ0v) is 16.8. The Balaban J connectivity index is 1.78. The Morgan fingerprint density at radius 1 is 1.24 bits per heavy atom. The number of benzene rings is 2. The van der Waals surface area contributed by atoms with E-state index in [-0.39, 0.29) is 4.90 Å². The number of halogens is 3. The summed E-state index contributed by atoms with van der Waals surface area (Å²) in [6.45, 7) is 1.12. The van der Waals surface area contributed by atoms with E-state index in [1.54, 1.807) is 37.6 Å². The van der Waals surface area contributed by atoms with Crippen molar-refractivity contribution in [3.63, 3.8) is 0 Å². The van der Waals surface area contributed by atoms with Crippen molar-refractivity contribution in [1.82, 2.24) is 0 Å². The second kappa shape index (κ2) is 8.96. The van der Waals surface area contributed by atoms with Gasteiger partial charge >= 0.3 is 12.2 Å². The first kappa shape index (κ1) is 21.3. The lowest BCUT2D eigenvalue weighted by atomic mass is 10.1. The Bertz CT molecular complexity index is 890. The fourth-order valence-electron chi connectivity index (χ4n) is 3.11. The summed E-state index contributed by atoms with van der Waals surface area (Å²) in [6.07, 6.45) is -2.36. The van der Waals surface area contributed by atoms with Gasteiger partial charge in [0.1, 0.15) is 12.4 Å². The number of thioether (sulfide) groups is 1. The third-order valence-corrected chi connectivity index (χ3v) is 5.27. The van der Waals surface area contributed by atoms with Gasteiger partial charge in [-0.3, -0.25) is 4.90 Å². The summed E-state index contributed by atoms with van der Waals surface area (Å²) in [4.78, 5) is 14.2. The number of hydrogen-bond donors (Lipinski definition) is 1. The largest absolute Gasteiger partial charge is 0.491 e. The molecule has 0 atom stereocenters. The average molecular weight is 426 g/mol. The van der Waals surface area contributed by atoms with Crippen LogP contribution in [0.1, 0.15) is 11.1 Å². The molecule has 0 bridgehead atoms. The number of fused-ring (bicyclic) bond motifs is 1. The Morgan fingerprint density at radius 3 is 2.72 bits per heavy atom. The lowest BCUT2D eigenvalue weighted by molar-refractivity contribution is -0.139. The van der Waals surface area contributed by atoms with Crippen LogP contribution in [0.4, 0.5) is 29.3 Å². The minimum Gasteiger partial charge on any atom is -0.491 e. The van der Waals surface area contributed by atoms with Gasteiger partial charge in [0.25, 0.3) is 0 Å². The van der Waals surface area contributed by atoms with Gasteiger partial charge in [0.15, 0.2) is 0 Å². The fourth-order valence-corrected chi connectivity index (χ4v) is 3.77. The second-order valence-corrected chi connectivity index (χ2v) is 7.23. The number of anilines is 2. The van der Waals surface area contributed by atoms with Gasteiger partial charge in [0.2, 0.25) is 0 Å². The lowest BCUT2D eigenvalue weighted by Crippen LogP contribution is -2.33. The molecule has 0 saturated heterocycles. The Morgan fingerprint density at radius 2 is 2.03 bits per heavy atom. The van der Waals surface area contributed by atoms with Gasteiger partial charge in [-0.15, -0.1) is 11.8 Å². The molecule has 2 aromatic rings. The van der Waals surface area contributed by atoms with Crippen LogP contribution >= 0.6 is 11.8 Å². The highest BCUT2D eigenvalue weighted by Crippen LogP contribution is 2.42. The van der Waals surface area contributed by atoms with Gasteiger partial charge in [0.05, 0.1) is 12.2 Å². The first-order valence-electron chi connectivity index (χ1n) is 8.92. The standard InChI is InChI=1S/C20H21F3N2O3S/c1-27-8-9-28-15-5-3-4-14(11-15)24-19(26)25-7-6-13-10-18(29-2)16(12-17(13)25)20(21,22)23/h3-5,10-12H,6-9H2,1-2H3,(H,24,26). The maximum absolute atomic E-state index is 13.4. The Labute approximate surface area is 171 Å². The van der Waals surface area contributed by atoms with E-state index in [1.807, 2.05) is 0 Å². The van der Waals surface area contributed by atoms with Crippen LogP contribution in [-0.2, 0) is 17.3 Å². The number of nitrogens with one attached hydrogen (secondary N) is 1. The highest BCUT2D eigenvalue weighted by atomic mass is 32.2. The SMILES string of the molecule is COCCOc1cccc(NC(=O)N2CCc3cc(SC)c(C(F)(F)F)cc32)c1. The van der Waals surface area contributed by atoms with E-state index >= 15 is 0 Å². The van der Waals surface area contributed by atoms with Gasteiger partial charge < -0.3 is 14.8 Å². The van der Waals surface area contributed by atoms with E-state index in [0.717, 1.165) is 23.4 Å². The molecule has 2 aromatic carbocycles. The highest BCUT2D eigenvalue weighted by molar-refractivity contribution is 7.98. The molecule has 5 nitrogen and oxygen atoms in total. The zero-order valence-electron chi connectivity index (χ0n) is 16.0. The molecule has 1 N–H and O–H groups in total. The molecular weight excluding hydrogens is 405 g/mol. The Kier molecular flexibility index (Phi) is 6.59. The van der Waals surface area contributed by atoms with Crippen LogP contribution < -0.4 is 15.0 Å². The lowest BCUT2D eigenvalue weighted by Gasteiger charge is -2.20. The number of methoxy groups -OCH3 is 1. The number of hydrogen-bond acceptors (Lipinski definition) is 4. The van der Waals surface area contributed by atoms with E-state index in [0.29, 0.717) is 43.3 Å². The van der Waals surface area contributed by atoms with Crippen molar-refractivity contribution in [2.24, 2.45) is 0 Å². The molecule has 3 rings (SSSR count). The second-order valence-electron chi connectivity index (χ2n) is 6.38. The third-order valence-electron chi connectivity index (χ3n) is 4.49. The van der Waals surface area contributed by atoms with Crippen LogP contribution in [0.3, 0.4) is 0 Å². The number of carbonyl (C=O) groups is 1. The van der Waals surface area contributed by atoms with E-state index in [9.17, 15) is 18.0 Å². The summed E-state index contributed by atoms with van der Waals surface area (Å²) in [5.41, 5.74) is 0.793. The maximum Gasteiger partial charge on any atom is 0.417 e. The number of urea groups is 1. The summed E-state index contributed by atoms with van der Waals surface area (Å²) >= 11 is 1.05. The predicted molar refractivity (Wildman–Crippen MR) is 107 cm³/mol. The molecule has 0 saturated carbocycles. The van der Waals surface area contributed by atoms with Gasteiger partial charge in [-0.25, -0.2) is 4.79 Å². The van der Waals surface area contributed by atoms with Crippen LogP contribution in [-0.4, -0.2) is 39.2 Å². The van der Waals surface area contributed by atoms with Crippen LogP contribution in [0, 0.1) is 0 Å². The number of ether oxygens (including phenoxy) is 2. The van der Waals surface area contributed by atoms with Gasteiger partial charge in [-0.2, -0.15) is 13.2 Å². The Hall–Kier alpha value is -2.39. The fraction of sp³-hybridized carbons (Fsp3) is 0.350. The number of carbonyl (C=O) groups excluding carboxylic acids is 1. The molecule has 29 heavy (non-hydrogen) atoms. The van der Waals surface area contributed by atoms with Gasteiger partial charge in [0, 0.05) is 36.0 Å². The van der Waals surface area contributed by atoms with Crippen molar-refractivity contribution >= 4 is 29.2 Å². The molecule has 0 aromatic heterocycles. The van der Waals surface area contributed by atoms with Crippen molar-refractivity contribution in [3.05, 3.63) is 47.5 Å². The van der Waals surface area contributed by atoms with Crippen molar-refractivity contribution < 1.29 is 27.4 Å². The summed E-state index contributed by atoms with van der Waals surface area (Å²) in [6, 6.07) is 8.93. The quantitative estimate of drug-likeness (QED) is 0.519. The molecule has 156 valence electrons. The van der Waals surface area contributed by atoms with E-state index in [2.05, 4.69) is 5.32 Å². The normalized spacial score (nSPS) is 13.3. The molecule has 0 aliphatic carbocycles. The third kappa shape index (κ3) is 4.97. The summed E-state index contributed by atoms with van der Waals surface area (Å²) < 4.78 is 50.6. The van der Waals surface area contributed by atoms with E-state index < -0.39 is 17.8 Å². The molecule has 1 aliphatic rings. The molecule has 1 heterocycles. The van der Waals surface area contributed by atoms with Crippen LogP contribution in [0.25, 0.3) is 0 Å². The van der Waals surface area contributed by atoms with Crippen LogP contribution in [0.5, 0.6) is 5.75 Å². The van der Waals surface area contributed by atoms with Gasteiger partial charge in [-0.1, -0.05) is 6.07 Å². The average Bonchev–Trinajstić information content (AvgIpc) is 3.10. The monoisotopic (exact) mass is 426 g/mol. The smallest absolute Gasteiger partial charge is 0.417 e. The van der Waals surface area contributed by atoms with Crippen molar-refractivity contribution in [1.29, 1.82) is 0 Å². The topological polar surface area (TPSA) is 50.8 Å². The maximum atomic E-state index is 13.4. The van der Waals surface area contributed by atoms with Gasteiger partial charge in [-0.05, 0) is 42.5 Å². The number of rotatable bonds is 6. The van der Waals surface area contributed by atoms with Crippen LogP contribution in [0.2, 0.25) is 0 Å². The molecule has 0 unspecified atom stereocenters. The minimum absolute atomic E-state index is 0.166. The predicted octanol–water partition coefficient (Wildman–Crippen LogP) is 5.05. The van der Waals surface area contributed by atoms with Crippen LogP contribution in [0.15, 0.2) is 41.3 Å². The van der Waals surface area contributed by atoms with Crippen molar-refractivity contribution in [3.8, 4) is 5.75 Å². The van der Waals surface area contributed by atoms with E-state index in [4.69, 9.17) is 9.47 Å².